The highest BCUT2D eigenvalue weighted by molar-refractivity contribution is 7.90. The highest BCUT2D eigenvalue weighted by Gasteiger charge is 2.14. The predicted molar refractivity (Wildman–Crippen MR) is 134 cm³/mol. The van der Waals surface area contributed by atoms with Gasteiger partial charge in [0.1, 0.15) is 40.2 Å². The van der Waals surface area contributed by atoms with Crippen LogP contribution in [0.1, 0.15) is 16.8 Å². The Labute approximate surface area is 212 Å². The molecule has 0 radical (unpaired) electrons. The summed E-state index contributed by atoms with van der Waals surface area (Å²) in [5.41, 5.74) is 1.76. The van der Waals surface area contributed by atoms with Gasteiger partial charge in [-0.1, -0.05) is 23.7 Å². The van der Waals surface area contributed by atoms with Crippen molar-refractivity contribution in [2.24, 2.45) is 0 Å². The Balaban J connectivity index is 1.73. The van der Waals surface area contributed by atoms with Crippen molar-refractivity contribution in [3.05, 3.63) is 82.3 Å². The maximum atomic E-state index is 14.5. The zero-order chi connectivity index (χ0) is 26.3. The average Bonchev–Trinajstić information content (AvgIpc) is 2.80. The van der Waals surface area contributed by atoms with Crippen LogP contribution in [-0.2, 0) is 21.2 Å². The largest absolute Gasteiger partial charge is 0.487 e. The van der Waals surface area contributed by atoms with Crippen molar-refractivity contribution in [2.75, 3.05) is 23.9 Å². The van der Waals surface area contributed by atoms with Gasteiger partial charge in [0.2, 0.25) is 0 Å². The number of hydrogen-bond acceptors (Lipinski definition) is 7. The predicted octanol–water partition coefficient (Wildman–Crippen LogP) is 4.37. The molecule has 2 N–H and O–H groups in total. The third kappa shape index (κ3) is 7.99. The van der Waals surface area contributed by atoms with Gasteiger partial charge in [0.15, 0.2) is 5.83 Å². The second-order valence-corrected chi connectivity index (χ2v) is 10.5. The second-order valence-electron chi connectivity index (χ2n) is 7.79. The van der Waals surface area contributed by atoms with Crippen molar-refractivity contribution >= 4 is 44.9 Å². The fourth-order valence-electron chi connectivity index (χ4n) is 3.00. The molecule has 0 spiro atoms. The summed E-state index contributed by atoms with van der Waals surface area (Å²) in [4.78, 5) is 20.2. The fraction of sp³-hybridized carbons (Fsp3) is 0.208. The van der Waals surface area contributed by atoms with Gasteiger partial charge in [0.25, 0.3) is 5.91 Å². The van der Waals surface area contributed by atoms with E-state index in [1.807, 2.05) is 0 Å². The van der Waals surface area contributed by atoms with E-state index in [1.54, 1.807) is 37.3 Å². The first kappa shape index (κ1) is 27.0. The molecule has 0 aliphatic carbocycles. The molecule has 0 fully saturated rings. The minimum Gasteiger partial charge on any atom is -0.487 e. The molecule has 0 unspecified atom stereocenters. The Bertz CT molecular complexity index is 1400. The van der Waals surface area contributed by atoms with Gasteiger partial charge in [-0.25, -0.2) is 27.2 Å². The molecular formula is C24H23ClF2N4O4S. The minimum absolute atomic E-state index is 0.121. The molecule has 2 aromatic carbocycles. The number of halogens is 3. The molecule has 0 saturated carbocycles. The molecule has 8 nitrogen and oxygen atoms in total. The Morgan fingerprint density at radius 1 is 1.19 bits per heavy atom. The number of rotatable bonds is 10. The van der Waals surface area contributed by atoms with Gasteiger partial charge in [-0.2, -0.15) is 0 Å². The van der Waals surface area contributed by atoms with E-state index in [4.69, 9.17) is 16.3 Å². The van der Waals surface area contributed by atoms with Crippen molar-refractivity contribution in [1.29, 1.82) is 0 Å². The lowest BCUT2D eigenvalue weighted by Gasteiger charge is -2.13. The molecule has 12 heteroatoms. The summed E-state index contributed by atoms with van der Waals surface area (Å²) in [5, 5.41) is 5.49. The van der Waals surface area contributed by atoms with Crippen molar-refractivity contribution < 1.29 is 26.7 Å². The lowest BCUT2D eigenvalue weighted by Crippen LogP contribution is -2.29. The number of aromatic nitrogens is 2. The Morgan fingerprint density at radius 3 is 2.67 bits per heavy atom. The van der Waals surface area contributed by atoms with Crippen LogP contribution in [0, 0.1) is 12.7 Å². The van der Waals surface area contributed by atoms with Gasteiger partial charge in [-0.05, 0) is 48.9 Å². The lowest BCUT2D eigenvalue weighted by atomic mass is 10.2. The first-order valence-electron chi connectivity index (χ1n) is 10.6. The van der Waals surface area contributed by atoms with E-state index in [0.29, 0.717) is 22.7 Å². The van der Waals surface area contributed by atoms with Crippen molar-refractivity contribution in [3.8, 4) is 5.75 Å². The monoisotopic (exact) mass is 536 g/mol. The Kier molecular flexibility index (Phi) is 8.94. The van der Waals surface area contributed by atoms with Gasteiger partial charge in [0.05, 0.1) is 16.5 Å². The van der Waals surface area contributed by atoms with E-state index in [0.717, 1.165) is 12.3 Å². The fourth-order valence-corrected chi connectivity index (χ4v) is 3.71. The van der Waals surface area contributed by atoms with E-state index in [-0.39, 0.29) is 41.1 Å². The highest BCUT2D eigenvalue weighted by Crippen LogP contribution is 2.31. The van der Waals surface area contributed by atoms with Crippen molar-refractivity contribution in [1.82, 2.24) is 15.3 Å². The summed E-state index contributed by atoms with van der Waals surface area (Å²) in [6.45, 7) is 1.51. The number of nitrogens with zero attached hydrogens (tertiary/aromatic N) is 2. The van der Waals surface area contributed by atoms with Crippen LogP contribution in [0.2, 0.25) is 5.02 Å². The highest BCUT2D eigenvalue weighted by atomic mass is 35.5. The maximum Gasteiger partial charge on any atom is 0.280 e. The standard InChI is InChI=1S/C24H23ClF2N4O4S/c1-15-19(12-21(27)24(32)28-8-9-36(2,33)34)23(30-14-29-15)31-18-6-7-22(20(25)11-18)35-13-16-4-3-5-17(26)10-16/h3-7,10-12,14H,8-9,13H2,1-2H3,(H,28,32)(H,29,30,31)/b21-12-. The Morgan fingerprint density at radius 2 is 1.97 bits per heavy atom. The number of ether oxygens (including phenoxy) is 1. The van der Waals surface area contributed by atoms with Gasteiger partial charge < -0.3 is 15.4 Å². The minimum atomic E-state index is -3.30. The molecule has 1 aromatic heterocycles. The van der Waals surface area contributed by atoms with Crippen LogP contribution in [0.5, 0.6) is 5.75 Å². The van der Waals surface area contributed by atoms with E-state index in [9.17, 15) is 22.0 Å². The molecule has 3 aromatic rings. The normalized spacial score (nSPS) is 11.8. The number of benzene rings is 2. The molecule has 3 rings (SSSR count). The average molecular weight is 537 g/mol. The summed E-state index contributed by atoms with van der Waals surface area (Å²) < 4.78 is 55.9. The number of sulfone groups is 1. The first-order valence-corrected chi connectivity index (χ1v) is 13.0. The van der Waals surface area contributed by atoms with Gasteiger partial charge in [-0.3, -0.25) is 4.79 Å². The third-order valence-corrected chi connectivity index (χ3v) is 6.05. The third-order valence-electron chi connectivity index (χ3n) is 4.81. The van der Waals surface area contributed by atoms with E-state index >= 15 is 0 Å². The topological polar surface area (TPSA) is 110 Å². The number of hydrogen-bond donors (Lipinski definition) is 2. The SMILES string of the molecule is Cc1ncnc(Nc2ccc(OCc3cccc(F)c3)c(Cl)c2)c1/C=C(\F)C(=O)NCCS(C)(=O)=O. The van der Waals surface area contributed by atoms with E-state index < -0.39 is 21.6 Å². The van der Waals surface area contributed by atoms with Crippen LogP contribution >= 0.6 is 11.6 Å². The molecule has 1 amide bonds. The van der Waals surface area contributed by atoms with Crippen molar-refractivity contribution in [3.63, 3.8) is 0 Å². The molecule has 0 aliphatic rings. The van der Waals surface area contributed by atoms with Gasteiger partial charge >= 0.3 is 0 Å². The molecule has 1 heterocycles. The number of carbonyl (C=O) groups is 1. The molecule has 0 atom stereocenters. The van der Waals surface area contributed by atoms with E-state index in [1.165, 1.54) is 18.5 Å². The summed E-state index contributed by atoms with van der Waals surface area (Å²) in [7, 11) is -3.30. The number of nitrogens with one attached hydrogen (secondary N) is 2. The van der Waals surface area contributed by atoms with Crippen LogP contribution in [0.25, 0.3) is 6.08 Å². The lowest BCUT2D eigenvalue weighted by molar-refractivity contribution is -0.118. The van der Waals surface area contributed by atoms with Crippen LogP contribution in [0.15, 0.2) is 54.6 Å². The number of carbonyl (C=O) groups excluding carboxylic acids is 1. The maximum absolute atomic E-state index is 14.5. The number of anilines is 2. The van der Waals surface area contributed by atoms with Crippen LogP contribution in [0.4, 0.5) is 20.3 Å². The molecule has 0 aliphatic heterocycles. The summed E-state index contributed by atoms with van der Waals surface area (Å²) in [6, 6.07) is 10.9. The summed E-state index contributed by atoms with van der Waals surface area (Å²) >= 11 is 6.33. The second kappa shape index (κ2) is 11.9. The van der Waals surface area contributed by atoms with Crippen LogP contribution < -0.4 is 15.4 Å². The zero-order valence-corrected chi connectivity index (χ0v) is 21.0. The zero-order valence-electron chi connectivity index (χ0n) is 19.4. The van der Waals surface area contributed by atoms with E-state index in [2.05, 4.69) is 20.6 Å². The smallest absolute Gasteiger partial charge is 0.280 e. The first-order chi connectivity index (χ1) is 17.0. The molecular weight excluding hydrogens is 514 g/mol. The quantitative estimate of drug-likeness (QED) is 0.370. The van der Waals surface area contributed by atoms with Gasteiger partial charge in [-0.15, -0.1) is 0 Å². The van der Waals surface area contributed by atoms with Crippen LogP contribution in [-0.4, -0.2) is 42.8 Å². The molecule has 36 heavy (non-hydrogen) atoms. The summed E-state index contributed by atoms with van der Waals surface area (Å²) in [5.74, 6) is -2.28. The molecule has 190 valence electrons. The number of aryl methyl sites for hydroxylation is 1. The van der Waals surface area contributed by atoms with Gasteiger partial charge in [0, 0.05) is 24.1 Å². The number of amides is 1. The molecule has 0 saturated heterocycles. The summed E-state index contributed by atoms with van der Waals surface area (Å²) in [6.07, 6.45) is 3.26. The molecule has 0 bridgehead atoms. The Hall–Kier alpha value is -3.57. The van der Waals surface area contributed by atoms with Crippen LogP contribution in [0.3, 0.4) is 0 Å². The van der Waals surface area contributed by atoms with Crippen molar-refractivity contribution in [2.45, 2.75) is 13.5 Å².